The van der Waals surface area contributed by atoms with Crippen LogP contribution in [0.3, 0.4) is 0 Å². The van der Waals surface area contributed by atoms with E-state index in [1.807, 2.05) is 0 Å². The van der Waals surface area contributed by atoms with Gasteiger partial charge in [-0.3, -0.25) is 0 Å². The van der Waals surface area contributed by atoms with Gasteiger partial charge in [-0.05, 0) is 0 Å². The second kappa shape index (κ2) is 7.01. The maximum absolute atomic E-state index is 8.69. The third-order valence-corrected chi connectivity index (χ3v) is 0. The SMILES string of the molecule is [K+].[O]=[Mn](=[O])(=[O])[OH].[O]=[Mn](=[O])([O-])[OH]. The molecule has 65 valence electrons. The molecule has 11 heteroatoms. The summed E-state index contributed by atoms with van der Waals surface area (Å²) in [6, 6.07) is 0. The van der Waals surface area contributed by atoms with E-state index in [2.05, 4.69) is 0 Å². The van der Waals surface area contributed by atoms with Gasteiger partial charge in [0.05, 0.1) is 0 Å². The Balaban J connectivity index is -0.000000107. The summed E-state index contributed by atoms with van der Waals surface area (Å²) < 4.78 is 66.1. The van der Waals surface area contributed by atoms with Gasteiger partial charge in [-0.25, -0.2) is 0 Å². The summed E-state index contributed by atoms with van der Waals surface area (Å²) in [7, 11) is 0. The fourth-order valence-corrected chi connectivity index (χ4v) is 0. The van der Waals surface area contributed by atoms with Crippen LogP contribution >= 0.6 is 0 Å². The molecule has 0 rings (SSSR count). The van der Waals surface area contributed by atoms with Crippen LogP contribution in [0, 0.1) is 0 Å². The van der Waals surface area contributed by atoms with Crippen LogP contribution in [0.25, 0.3) is 0 Å². The number of hydrogen-bond acceptors (Lipinski definition) is 6. The van der Waals surface area contributed by atoms with E-state index in [0.717, 1.165) is 0 Å². The molecule has 11 heavy (non-hydrogen) atoms. The van der Waals surface area contributed by atoms with Gasteiger partial charge in [0.1, 0.15) is 0 Å². The van der Waals surface area contributed by atoms with Crippen LogP contribution in [-0.4, -0.2) is 8.38 Å². The molecule has 8 nitrogen and oxygen atoms in total. The van der Waals surface area contributed by atoms with E-state index in [1.165, 1.54) is 0 Å². The van der Waals surface area contributed by atoms with Crippen LogP contribution < -0.4 is 55.6 Å². The van der Waals surface area contributed by atoms with E-state index in [9.17, 15) is 0 Å². The van der Waals surface area contributed by atoms with Gasteiger partial charge in [0.25, 0.3) is 0 Å². The van der Waals surface area contributed by atoms with Crippen molar-refractivity contribution in [2.75, 3.05) is 0 Å². The van der Waals surface area contributed by atoms with Gasteiger partial charge in [0.2, 0.25) is 0 Å². The van der Waals surface area contributed by atoms with Gasteiger partial charge in [-0.15, -0.1) is 0 Å². The Bertz CT molecular complexity index is 287. The predicted molar refractivity (Wildman–Crippen MR) is 7.87 cm³/mol. The maximum atomic E-state index is 8.69. The molecule has 2 N–H and O–H groups in total. The molecule has 0 fully saturated rings. The molecular formula is H2KMn2O8. The zero-order chi connectivity index (χ0) is 9.00. The zero-order valence-corrected chi connectivity index (χ0v) is 10.6. The second-order valence-electron chi connectivity index (χ2n) is 0.792. The molecule has 0 aromatic carbocycles. The van der Waals surface area contributed by atoms with Crippen molar-refractivity contribution in [3.05, 3.63) is 0 Å². The first-order valence-corrected chi connectivity index (χ1v) is 5.21. The van der Waals surface area contributed by atoms with Gasteiger partial charge >= 0.3 is 109 Å². The second-order valence-corrected chi connectivity index (χ2v) is 3.27. The average molecular weight is 279 g/mol. The van der Waals surface area contributed by atoms with Crippen LogP contribution in [0.2, 0.25) is 0 Å². The summed E-state index contributed by atoms with van der Waals surface area (Å²) in [5, 5.41) is 0. The Morgan fingerprint density at radius 3 is 0.909 bits per heavy atom. The van der Waals surface area contributed by atoms with Gasteiger partial charge in [-0.2, -0.15) is 0 Å². The summed E-state index contributed by atoms with van der Waals surface area (Å²) in [5.41, 5.74) is 0. The molecule has 0 aliphatic heterocycles. The quantitative estimate of drug-likeness (QED) is 0.416. The van der Waals surface area contributed by atoms with Crippen molar-refractivity contribution in [2.45, 2.75) is 0 Å². The monoisotopic (exact) mass is 279 g/mol. The molecule has 0 bridgehead atoms. The molecular weight excluding hydrogens is 277 g/mol. The molecule has 0 saturated carbocycles. The summed E-state index contributed by atoms with van der Waals surface area (Å²) >= 11 is -10.8. The van der Waals surface area contributed by atoms with Crippen LogP contribution in [0.15, 0.2) is 0 Å². The van der Waals surface area contributed by atoms with Crippen LogP contribution in [-0.2, 0) is 45.5 Å². The van der Waals surface area contributed by atoms with Crippen molar-refractivity contribution < 1.29 is 109 Å². The minimum absolute atomic E-state index is 0. The molecule has 0 aromatic rings. The van der Waals surface area contributed by atoms with Crippen LogP contribution in [0.1, 0.15) is 0 Å². The van der Waals surface area contributed by atoms with E-state index in [0.29, 0.717) is 0 Å². The standard InChI is InChI=1S/K.2Mn.2H2O.6O/h;;;2*1H2;;;;;;/q3*+1;;;;;;;;-1/p-2. The number of rotatable bonds is 0. The van der Waals surface area contributed by atoms with E-state index >= 15 is 0 Å². The Kier molecular flexibility index (Phi) is 11.7. The fourth-order valence-electron chi connectivity index (χ4n) is 0. The molecule has 0 saturated heterocycles. The van der Waals surface area contributed by atoms with Crippen molar-refractivity contribution in [2.24, 2.45) is 0 Å². The van der Waals surface area contributed by atoms with Crippen molar-refractivity contribution >= 4 is 0 Å². The van der Waals surface area contributed by atoms with Crippen molar-refractivity contribution in [3.8, 4) is 0 Å². The third-order valence-electron chi connectivity index (χ3n) is 0. The normalized spacial score (nSPS) is 10.5. The number of hydrogen-bond donors (Lipinski definition) is 2. The van der Waals surface area contributed by atoms with Gasteiger partial charge in [0, 0.05) is 0 Å². The van der Waals surface area contributed by atoms with E-state index in [1.54, 1.807) is 0 Å². The van der Waals surface area contributed by atoms with Gasteiger partial charge in [0.15, 0.2) is 0 Å². The van der Waals surface area contributed by atoms with Crippen molar-refractivity contribution in [1.82, 2.24) is 0 Å². The molecule has 0 aromatic heterocycles. The molecule has 0 spiro atoms. The summed E-state index contributed by atoms with van der Waals surface area (Å²) in [4.78, 5) is 0. The van der Waals surface area contributed by atoms with Crippen LogP contribution in [0.4, 0.5) is 0 Å². The molecule has 0 atom stereocenters. The van der Waals surface area contributed by atoms with Crippen molar-refractivity contribution in [3.63, 3.8) is 0 Å². The Labute approximate surface area is 107 Å². The van der Waals surface area contributed by atoms with Gasteiger partial charge < -0.3 is 0 Å². The van der Waals surface area contributed by atoms with E-state index in [4.69, 9.17) is 31.7 Å². The van der Waals surface area contributed by atoms with Crippen molar-refractivity contribution in [1.29, 1.82) is 0 Å². The Hall–Kier alpha value is 1.56. The van der Waals surface area contributed by atoms with E-state index < -0.39 is 26.3 Å². The first-order chi connectivity index (χ1) is 4.00. The zero-order valence-electron chi connectivity index (χ0n) is 5.10. The molecule has 0 heterocycles. The van der Waals surface area contributed by atoms with Crippen LogP contribution in [0.5, 0.6) is 0 Å². The third kappa shape index (κ3) is 436. The molecule has 0 unspecified atom stereocenters. The Morgan fingerprint density at radius 2 is 0.909 bits per heavy atom. The molecule has 0 aliphatic carbocycles. The minimum atomic E-state index is -5.38. The summed E-state index contributed by atoms with van der Waals surface area (Å²) in [5.74, 6) is 0. The fraction of sp³-hybridized carbons (Fsp3) is 0. The first-order valence-electron chi connectivity index (χ1n) is 1.26. The topological polar surface area (TPSA) is 149 Å². The summed E-state index contributed by atoms with van der Waals surface area (Å²) in [6.45, 7) is 0. The summed E-state index contributed by atoms with van der Waals surface area (Å²) in [6.07, 6.45) is 0. The molecule has 0 radical (unpaired) electrons. The Morgan fingerprint density at radius 1 is 0.909 bits per heavy atom. The molecule has 0 amide bonds. The first kappa shape index (κ1) is 18.4. The predicted octanol–water partition coefficient (Wildman–Crippen LogP) is -5.90. The average Bonchev–Trinajstić information content (AvgIpc) is 1.12. The van der Waals surface area contributed by atoms with Gasteiger partial charge in [-0.1, -0.05) is 0 Å². The molecule has 0 aliphatic rings. The van der Waals surface area contributed by atoms with E-state index in [-0.39, 0.29) is 51.4 Å².